The van der Waals surface area contributed by atoms with Crippen molar-refractivity contribution < 1.29 is 5.11 Å². The van der Waals surface area contributed by atoms with Crippen molar-refractivity contribution in [3.05, 3.63) is 50.3 Å². The molecule has 0 aliphatic carbocycles. The number of fused-ring (bicyclic) bond motifs is 1. The number of thiophene rings is 1. The zero-order chi connectivity index (χ0) is 14.3. The predicted molar refractivity (Wildman–Crippen MR) is 86.1 cm³/mol. The van der Waals surface area contributed by atoms with E-state index < -0.39 is 6.10 Å². The van der Waals surface area contributed by atoms with Crippen LogP contribution >= 0.6 is 27.3 Å². The Morgan fingerprint density at radius 2 is 2.15 bits per heavy atom. The molecule has 0 spiro atoms. The zero-order valence-corrected chi connectivity index (χ0v) is 13.7. The van der Waals surface area contributed by atoms with Gasteiger partial charge in [-0.15, -0.1) is 11.3 Å². The largest absolute Gasteiger partial charge is 0.387 e. The molecule has 1 N–H and O–H groups in total. The van der Waals surface area contributed by atoms with Gasteiger partial charge in [0.25, 0.3) is 0 Å². The third kappa shape index (κ3) is 2.41. The van der Waals surface area contributed by atoms with E-state index in [-0.39, 0.29) is 0 Å². The highest BCUT2D eigenvalue weighted by Gasteiger charge is 2.17. The van der Waals surface area contributed by atoms with Gasteiger partial charge < -0.3 is 5.11 Å². The summed E-state index contributed by atoms with van der Waals surface area (Å²) < 4.78 is 2.95. The summed E-state index contributed by atoms with van der Waals surface area (Å²) in [6.07, 6.45) is 0.0246. The number of hydrogen-bond acceptors (Lipinski definition) is 3. The topological polar surface area (TPSA) is 38.1 Å². The van der Waals surface area contributed by atoms with Gasteiger partial charge in [0.1, 0.15) is 0 Å². The van der Waals surface area contributed by atoms with Crippen LogP contribution < -0.4 is 0 Å². The first-order chi connectivity index (χ1) is 9.56. The van der Waals surface area contributed by atoms with Crippen LogP contribution in [-0.4, -0.2) is 14.9 Å². The van der Waals surface area contributed by atoms with Gasteiger partial charge in [0, 0.05) is 23.7 Å². The van der Waals surface area contributed by atoms with Gasteiger partial charge in [-0.25, -0.2) is 0 Å². The van der Waals surface area contributed by atoms with Crippen LogP contribution in [0.15, 0.2) is 34.1 Å². The van der Waals surface area contributed by atoms with Crippen molar-refractivity contribution in [2.24, 2.45) is 7.05 Å². The number of rotatable bonds is 3. The van der Waals surface area contributed by atoms with Crippen molar-refractivity contribution in [2.45, 2.75) is 19.4 Å². The minimum absolute atomic E-state index is 0.511. The molecule has 0 saturated heterocycles. The number of benzene rings is 1. The SMILES string of the molecule is Cc1cc(C(O)Cc2nn(C)c3ccccc23)sc1Br. The summed E-state index contributed by atoms with van der Waals surface area (Å²) in [7, 11) is 1.93. The van der Waals surface area contributed by atoms with Gasteiger partial charge in [-0.3, -0.25) is 4.68 Å². The van der Waals surface area contributed by atoms with E-state index >= 15 is 0 Å². The van der Waals surface area contributed by atoms with E-state index in [2.05, 4.69) is 27.1 Å². The van der Waals surface area contributed by atoms with Crippen molar-refractivity contribution in [3.8, 4) is 0 Å². The van der Waals surface area contributed by atoms with Crippen LogP contribution in [0.2, 0.25) is 0 Å². The summed E-state index contributed by atoms with van der Waals surface area (Å²) in [4.78, 5) is 0.976. The molecule has 0 aliphatic heterocycles. The molecule has 3 nitrogen and oxygen atoms in total. The fourth-order valence-corrected chi connectivity index (χ4v) is 3.93. The average Bonchev–Trinajstić information content (AvgIpc) is 2.92. The summed E-state index contributed by atoms with van der Waals surface area (Å²) >= 11 is 5.09. The van der Waals surface area contributed by atoms with Crippen LogP contribution in [0.25, 0.3) is 10.9 Å². The van der Waals surface area contributed by atoms with E-state index in [0.29, 0.717) is 6.42 Å². The summed E-state index contributed by atoms with van der Waals surface area (Å²) in [5.41, 5.74) is 3.20. The van der Waals surface area contributed by atoms with Gasteiger partial charge in [-0.2, -0.15) is 5.10 Å². The molecule has 0 fully saturated rings. The van der Waals surface area contributed by atoms with Crippen LogP contribution in [0.1, 0.15) is 22.2 Å². The number of nitrogens with zero attached hydrogens (tertiary/aromatic N) is 2. The van der Waals surface area contributed by atoms with E-state index in [1.807, 2.05) is 42.9 Å². The first-order valence-corrected chi connectivity index (χ1v) is 8.01. The van der Waals surface area contributed by atoms with Crippen LogP contribution in [0.4, 0.5) is 0 Å². The standard InChI is InChI=1S/C15H15BrN2OS/c1-9-7-14(20-15(9)16)13(19)8-11-10-5-3-4-6-12(10)18(2)17-11/h3-7,13,19H,8H2,1-2H3. The second kappa shape index (κ2) is 5.31. The first-order valence-electron chi connectivity index (χ1n) is 6.41. The molecule has 0 saturated carbocycles. The Labute approximate surface area is 130 Å². The van der Waals surface area contributed by atoms with Gasteiger partial charge in [-0.1, -0.05) is 18.2 Å². The van der Waals surface area contributed by atoms with E-state index in [9.17, 15) is 5.11 Å². The minimum atomic E-state index is -0.511. The van der Waals surface area contributed by atoms with E-state index in [1.165, 1.54) is 0 Å². The molecule has 0 bridgehead atoms. The Morgan fingerprint density at radius 1 is 1.40 bits per heavy atom. The Hall–Kier alpha value is -1.17. The van der Waals surface area contributed by atoms with Gasteiger partial charge in [-0.05, 0) is 40.5 Å². The summed E-state index contributed by atoms with van der Waals surface area (Å²) in [5, 5.41) is 16.1. The molecule has 3 aromatic rings. The number of hydrogen-bond donors (Lipinski definition) is 1. The van der Waals surface area contributed by atoms with E-state index in [1.54, 1.807) is 11.3 Å². The molecule has 3 rings (SSSR count). The third-order valence-corrected chi connectivity index (χ3v) is 5.66. The predicted octanol–water partition coefficient (Wildman–Crippen LogP) is 3.98. The van der Waals surface area contributed by atoms with Crippen molar-refractivity contribution in [3.63, 3.8) is 0 Å². The summed E-state index contributed by atoms with van der Waals surface area (Å²) in [5.74, 6) is 0. The van der Waals surface area contributed by atoms with Crippen molar-refractivity contribution in [1.29, 1.82) is 0 Å². The molecule has 1 atom stereocenters. The maximum atomic E-state index is 10.4. The molecule has 5 heteroatoms. The van der Waals surface area contributed by atoms with Crippen LogP contribution in [0.5, 0.6) is 0 Å². The van der Waals surface area contributed by atoms with Crippen LogP contribution in [-0.2, 0) is 13.5 Å². The molecular weight excluding hydrogens is 336 g/mol. The first kappa shape index (κ1) is 13.8. The maximum absolute atomic E-state index is 10.4. The molecule has 1 unspecified atom stereocenters. The summed E-state index contributed by atoms with van der Waals surface area (Å²) in [6, 6.07) is 10.1. The highest BCUT2D eigenvalue weighted by atomic mass is 79.9. The molecule has 20 heavy (non-hydrogen) atoms. The maximum Gasteiger partial charge on any atom is 0.0938 e. The Bertz CT molecular complexity index is 743. The molecule has 1 aromatic carbocycles. The number of aromatic nitrogens is 2. The number of para-hydroxylation sites is 1. The highest BCUT2D eigenvalue weighted by Crippen LogP contribution is 2.33. The minimum Gasteiger partial charge on any atom is -0.387 e. The lowest BCUT2D eigenvalue weighted by Crippen LogP contribution is -2.01. The van der Waals surface area contributed by atoms with Gasteiger partial charge in [0.15, 0.2) is 0 Å². The highest BCUT2D eigenvalue weighted by molar-refractivity contribution is 9.11. The Morgan fingerprint density at radius 3 is 2.85 bits per heavy atom. The normalized spacial score (nSPS) is 13.0. The Kier molecular flexibility index (Phi) is 3.67. The van der Waals surface area contributed by atoms with Crippen molar-refractivity contribution in [1.82, 2.24) is 9.78 Å². The monoisotopic (exact) mass is 350 g/mol. The third-order valence-electron chi connectivity index (χ3n) is 3.43. The second-order valence-electron chi connectivity index (χ2n) is 4.91. The lowest BCUT2D eigenvalue weighted by Gasteiger charge is -2.06. The molecule has 104 valence electrons. The quantitative estimate of drug-likeness (QED) is 0.775. The summed E-state index contributed by atoms with van der Waals surface area (Å²) in [6.45, 7) is 2.03. The molecule has 2 heterocycles. The lowest BCUT2D eigenvalue weighted by molar-refractivity contribution is 0.181. The second-order valence-corrected chi connectivity index (χ2v) is 7.31. The lowest BCUT2D eigenvalue weighted by atomic mass is 10.1. The molecule has 2 aromatic heterocycles. The zero-order valence-electron chi connectivity index (χ0n) is 11.3. The smallest absolute Gasteiger partial charge is 0.0938 e. The van der Waals surface area contributed by atoms with E-state index in [0.717, 1.165) is 30.8 Å². The Balaban J connectivity index is 1.93. The number of aliphatic hydroxyl groups is 1. The number of aryl methyl sites for hydroxylation is 2. The van der Waals surface area contributed by atoms with Crippen LogP contribution in [0.3, 0.4) is 0 Å². The molecule has 0 amide bonds. The fourth-order valence-electron chi connectivity index (χ4n) is 2.37. The van der Waals surface area contributed by atoms with Gasteiger partial charge in [0.2, 0.25) is 0 Å². The van der Waals surface area contributed by atoms with Crippen molar-refractivity contribution in [2.75, 3.05) is 0 Å². The van der Waals surface area contributed by atoms with Gasteiger partial charge in [0.05, 0.1) is 21.1 Å². The number of aliphatic hydroxyl groups excluding tert-OH is 1. The average molecular weight is 351 g/mol. The molecular formula is C15H15BrN2OS. The molecule has 0 aliphatic rings. The van der Waals surface area contributed by atoms with E-state index in [4.69, 9.17) is 0 Å². The fraction of sp³-hybridized carbons (Fsp3) is 0.267. The number of halogens is 1. The van der Waals surface area contributed by atoms with Crippen molar-refractivity contribution >= 4 is 38.2 Å². The van der Waals surface area contributed by atoms with Crippen LogP contribution in [0, 0.1) is 6.92 Å². The van der Waals surface area contributed by atoms with Gasteiger partial charge >= 0.3 is 0 Å². The molecule has 0 radical (unpaired) electrons.